The first-order chi connectivity index (χ1) is 8.16. The molecule has 2 aromatic rings. The Hall–Kier alpha value is -1.68. The van der Waals surface area contributed by atoms with Crippen LogP contribution in [0.4, 0.5) is 4.39 Å². The van der Waals surface area contributed by atoms with Crippen LogP contribution in [0.25, 0.3) is 0 Å². The van der Waals surface area contributed by atoms with E-state index in [9.17, 15) is 9.18 Å². The third-order valence-corrected chi connectivity index (χ3v) is 3.13. The van der Waals surface area contributed by atoms with E-state index in [-0.39, 0.29) is 11.5 Å². The van der Waals surface area contributed by atoms with Crippen molar-refractivity contribution in [3.63, 3.8) is 0 Å². The lowest BCUT2D eigenvalue weighted by atomic mass is 10.1. The third kappa shape index (κ3) is 2.91. The van der Waals surface area contributed by atoms with Gasteiger partial charge in [-0.15, -0.1) is 0 Å². The predicted molar refractivity (Wildman–Crippen MR) is 66.6 cm³/mol. The Morgan fingerprint density at radius 2 is 2.24 bits per heavy atom. The van der Waals surface area contributed by atoms with E-state index in [1.165, 1.54) is 12.1 Å². The quantitative estimate of drug-likeness (QED) is 0.889. The second-order valence-corrected chi connectivity index (χ2v) is 4.58. The van der Waals surface area contributed by atoms with Gasteiger partial charge in [0.15, 0.2) is 0 Å². The number of nitrogens with one attached hydrogen (secondary N) is 1. The molecule has 1 N–H and O–H groups in total. The summed E-state index contributed by atoms with van der Waals surface area (Å²) in [7, 11) is 0. The highest BCUT2D eigenvalue weighted by Gasteiger charge is 2.10. The number of aryl methyl sites for hydroxylation is 1. The fourth-order valence-corrected chi connectivity index (χ4v) is 2.14. The summed E-state index contributed by atoms with van der Waals surface area (Å²) in [5, 5.41) is 6.58. The van der Waals surface area contributed by atoms with Gasteiger partial charge < -0.3 is 5.32 Å². The van der Waals surface area contributed by atoms with E-state index in [2.05, 4.69) is 5.32 Å². The highest BCUT2D eigenvalue weighted by Crippen LogP contribution is 2.10. The highest BCUT2D eigenvalue weighted by atomic mass is 32.1. The standard InChI is InChI=1S/C13H12FNOS/c1-9-2-3-11(12(14)6-9)13(16)15-7-10-4-5-17-8-10/h2-6,8H,7H2,1H3,(H,15,16). The number of amides is 1. The molecule has 1 aromatic carbocycles. The van der Waals surface area contributed by atoms with Gasteiger partial charge in [-0.25, -0.2) is 4.39 Å². The van der Waals surface area contributed by atoms with E-state index in [1.807, 2.05) is 16.8 Å². The molecule has 0 aliphatic carbocycles. The molecule has 0 fully saturated rings. The van der Waals surface area contributed by atoms with Gasteiger partial charge in [0.1, 0.15) is 5.82 Å². The molecule has 0 saturated heterocycles. The largest absolute Gasteiger partial charge is 0.348 e. The predicted octanol–water partition coefficient (Wildman–Crippen LogP) is 3.13. The zero-order chi connectivity index (χ0) is 12.3. The molecule has 4 heteroatoms. The molecule has 2 nitrogen and oxygen atoms in total. The summed E-state index contributed by atoms with van der Waals surface area (Å²) in [6.45, 7) is 2.21. The monoisotopic (exact) mass is 249 g/mol. The molecule has 0 spiro atoms. The third-order valence-electron chi connectivity index (χ3n) is 2.40. The summed E-state index contributed by atoms with van der Waals surface area (Å²) in [4.78, 5) is 11.7. The summed E-state index contributed by atoms with van der Waals surface area (Å²) in [5.41, 5.74) is 1.92. The maximum atomic E-state index is 13.5. The number of halogens is 1. The average Bonchev–Trinajstić information content (AvgIpc) is 2.78. The number of hydrogen-bond acceptors (Lipinski definition) is 2. The number of carbonyl (C=O) groups is 1. The minimum Gasteiger partial charge on any atom is -0.348 e. The van der Waals surface area contributed by atoms with Crippen LogP contribution in [0.3, 0.4) is 0 Å². The van der Waals surface area contributed by atoms with Crippen molar-refractivity contribution in [3.05, 3.63) is 57.5 Å². The maximum absolute atomic E-state index is 13.5. The van der Waals surface area contributed by atoms with E-state index in [0.717, 1.165) is 11.1 Å². The maximum Gasteiger partial charge on any atom is 0.254 e. The van der Waals surface area contributed by atoms with Gasteiger partial charge in [-0.05, 0) is 47.0 Å². The molecule has 0 atom stereocenters. The Bertz CT molecular complexity index is 522. The first-order valence-corrected chi connectivity index (χ1v) is 6.16. The summed E-state index contributed by atoms with van der Waals surface area (Å²) < 4.78 is 13.5. The van der Waals surface area contributed by atoms with Crippen molar-refractivity contribution in [2.75, 3.05) is 0 Å². The summed E-state index contributed by atoms with van der Waals surface area (Å²) >= 11 is 1.57. The normalized spacial score (nSPS) is 10.2. The second kappa shape index (κ2) is 5.10. The Morgan fingerprint density at radius 1 is 1.41 bits per heavy atom. The number of thiophene rings is 1. The number of hydrogen-bond donors (Lipinski definition) is 1. The second-order valence-electron chi connectivity index (χ2n) is 3.80. The SMILES string of the molecule is Cc1ccc(C(=O)NCc2ccsc2)c(F)c1. The number of rotatable bonds is 3. The topological polar surface area (TPSA) is 29.1 Å². The van der Waals surface area contributed by atoms with Crippen LogP contribution >= 0.6 is 11.3 Å². The van der Waals surface area contributed by atoms with Gasteiger partial charge in [0.2, 0.25) is 0 Å². The molecule has 1 aromatic heterocycles. The lowest BCUT2D eigenvalue weighted by molar-refractivity contribution is 0.0947. The van der Waals surface area contributed by atoms with Crippen molar-refractivity contribution < 1.29 is 9.18 Å². The van der Waals surface area contributed by atoms with Crippen LogP contribution in [0.5, 0.6) is 0 Å². The van der Waals surface area contributed by atoms with Crippen molar-refractivity contribution in [1.29, 1.82) is 0 Å². The molecule has 2 rings (SSSR count). The lowest BCUT2D eigenvalue weighted by Crippen LogP contribution is -2.23. The fraction of sp³-hybridized carbons (Fsp3) is 0.154. The van der Waals surface area contributed by atoms with Gasteiger partial charge in [0.05, 0.1) is 5.56 Å². The molecule has 17 heavy (non-hydrogen) atoms. The van der Waals surface area contributed by atoms with Crippen LogP contribution in [-0.4, -0.2) is 5.91 Å². The molecule has 0 aliphatic rings. The molecule has 0 radical (unpaired) electrons. The van der Waals surface area contributed by atoms with Crippen LogP contribution in [-0.2, 0) is 6.54 Å². The van der Waals surface area contributed by atoms with Crippen LogP contribution in [0.15, 0.2) is 35.0 Å². The minimum atomic E-state index is -0.479. The van der Waals surface area contributed by atoms with Crippen molar-refractivity contribution >= 4 is 17.2 Å². The summed E-state index contributed by atoms with van der Waals surface area (Å²) in [6.07, 6.45) is 0. The van der Waals surface area contributed by atoms with E-state index >= 15 is 0 Å². The number of benzene rings is 1. The van der Waals surface area contributed by atoms with E-state index in [0.29, 0.717) is 6.54 Å². The fourth-order valence-electron chi connectivity index (χ4n) is 1.48. The van der Waals surface area contributed by atoms with Crippen molar-refractivity contribution in [2.45, 2.75) is 13.5 Å². The van der Waals surface area contributed by atoms with Gasteiger partial charge in [-0.2, -0.15) is 11.3 Å². The lowest BCUT2D eigenvalue weighted by Gasteiger charge is -2.05. The van der Waals surface area contributed by atoms with Crippen LogP contribution in [0, 0.1) is 12.7 Å². The molecule has 0 unspecified atom stereocenters. The van der Waals surface area contributed by atoms with Gasteiger partial charge in [0.25, 0.3) is 5.91 Å². The molecule has 0 bridgehead atoms. The molecule has 88 valence electrons. The van der Waals surface area contributed by atoms with Crippen molar-refractivity contribution in [2.24, 2.45) is 0 Å². The van der Waals surface area contributed by atoms with Crippen LogP contribution in [0.1, 0.15) is 21.5 Å². The van der Waals surface area contributed by atoms with E-state index in [4.69, 9.17) is 0 Å². The van der Waals surface area contributed by atoms with Gasteiger partial charge in [0, 0.05) is 6.54 Å². The first-order valence-electron chi connectivity index (χ1n) is 5.22. The van der Waals surface area contributed by atoms with Crippen LogP contribution in [0.2, 0.25) is 0 Å². The van der Waals surface area contributed by atoms with E-state index < -0.39 is 5.82 Å². The Labute approximate surface area is 103 Å². The zero-order valence-electron chi connectivity index (χ0n) is 9.37. The van der Waals surface area contributed by atoms with Gasteiger partial charge in [-0.1, -0.05) is 6.07 Å². The Morgan fingerprint density at radius 3 is 2.88 bits per heavy atom. The minimum absolute atomic E-state index is 0.0887. The molecule has 0 aliphatic heterocycles. The average molecular weight is 249 g/mol. The molecular formula is C13H12FNOS. The Kier molecular flexibility index (Phi) is 3.54. The zero-order valence-corrected chi connectivity index (χ0v) is 10.2. The number of carbonyl (C=O) groups excluding carboxylic acids is 1. The Balaban J connectivity index is 2.04. The molecule has 1 heterocycles. The van der Waals surface area contributed by atoms with Crippen LogP contribution < -0.4 is 5.32 Å². The highest BCUT2D eigenvalue weighted by molar-refractivity contribution is 7.07. The van der Waals surface area contributed by atoms with E-state index in [1.54, 1.807) is 24.3 Å². The molecular weight excluding hydrogens is 237 g/mol. The first kappa shape index (κ1) is 11.8. The molecule has 0 saturated carbocycles. The smallest absolute Gasteiger partial charge is 0.254 e. The van der Waals surface area contributed by atoms with Crippen molar-refractivity contribution in [1.82, 2.24) is 5.32 Å². The van der Waals surface area contributed by atoms with Gasteiger partial charge in [-0.3, -0.25) is 4.79 Å². The summed E-state index contributed by atoms with van der Waals surface area (Å²) in [6, 6.07) is 6.52. The van der Waals surface area contributed by atoms with Gasteiger partial charge >= 0.3 is 0 Å². The summed E-state index contributed by atoms with van der Waals surface area (Å²) in [5.74, 6) is -0.860. The molecule has 1 amide bonds. The van der Waals surface area contributed by atoms with Crippen molar-refractivity contribution in [3.8, 4) is 0 Å².